The lowest BCUT2D eigenvalue weighted by molar-refractivity contribution is -0.0206. The number of rotatable bonds is 4. The third kappa shape index (κ3) is 3.01. The number of nitrogens with zero attached hydrogens (tertiary/aromatic N) is 2. The molecule has 0 radical (unpaired) electrons. The van der Waals surface area contributed by atoms with E-state index in [9.17, 15) is 0 Å². The Morgan fingerprint density at radius 2 is 2.07 bits per heavy atom. The normalized spacial score (nSPS) is 20.2. The lowest BCUT2D eigenvalue weighted by Gasteiger charge is -2.38. The quantitative estimate of drug-likeness (QED) is 0.473. The molecule has 1 aromatic heterocycles. The van der Waals surface area contributed by atoms with E-state index in [2.05, 4.69) is 56.7 Å². The van der Waals surface area contributed by atoms with Gasteiger partial charge in [-0.25, -0.2) is 5.01 Å². The lowest BCUT2D eigenvalue weighted by Crippen LogP contribution is -2.34. The SMILES string of the molecule is CCOc1ccc(Br)cc1C1Oc2ccccc2C2CC(c3cccs3)=NN21. The van der Waals surface area contributed by atoms with Gasteiger partial charge < -0.3 is 9.47 Å². The van der Waals surface area contributed by atoms with Gasteiger partial charge in [0.25, 0.3) is 0 Å². The maximum atomic E-state index is 6.46. The van der Waals surface area contributed by atoms with Gasteiger partial charge in [-0.3, -0.25) is 0 Å². The number of halogens is 1. The molecule has 6 heteroatoms. The van der Waals surface area contributed by atoms with E-state index in [0.717, 1.165) is 33.7 Å². The molecule has 0 bridgehead atoms. The van der Waals surface area contributed by atoms with Crippen LogP contribution in [0, 0.1) is 0 Å². The average Bonchev–Trinajstić information content (AvgIpc) is 3.39. The van der Waals surface area contributed by atoms with Gasteiger partial charge in [-0.05, 0) is 42.6 Å². The van der Waals surface area contributed by atoms with Crippen LogP contribution in [0.1, 0.15) is 41.6 Å². The second-order valence-corrected chi connectivity index (χ2v) is 8.61. The zero-order valence-electron chi connectivity index (χ0n) is 15.3. The topological polar surface area (TPSA) is 34.1 Å². The fourth-order valence-electron chi connectivity index (χ4n) is 3.83. The Hall–Kier alpha value is -2.31. The molecular formula is C22H19BrN2O2S. The molecule has 2 aromatic carbocycles. The molecule has 3 heterocycles. The summed E-state index contributed by atoms with van der Waals surface area (Å²) in [7, 11) is 0. The highest BCUT2D eigenvalue weighted by atomic mass is 79.9. The van der Waals surface area contributed by atoms with Gasteiger partial charge in [-0.1, -0.05) is 40.2 Å². The Kier molecular flexibility index (Phi) is 4.61. The van der Waals surface area contributed by atoms with E-state index < -0.39 is 0 Å². The van der Waals surface area contributed by atoms with E-state index in [0.29, 0.717) is 6.61 Å². The first kappa shape index (κ1) is 17.8. The van der Waals surface area contributed by atoms with E-state index >= 15 is 0 Å². The van der Waals surface area contributed by atoms with Gasteiger partial charge in [0.1, 0.15) is 11.5 Å². The fourth-order valence-corrected chi connectivity index (χ4v) is 4.93. The zero-order valence-corrected chi connectivity index (χ0v) is 17.7. The molecule has 0 aliphatic carbocycles. The third-order valence-corrected chi connectivity index (χ3v) is 6.45. The summed E-state index contributed by atoms with van der Waals surface area (Å²) in [4.78, 5) is 1.21. The van der Waals surface area contributed by atoms with Gasteiger partial charge in [0.2, 0.25) is 6.23 Å². The summed E-state index contributed by atoms with van der Waals surface area (Å²) < 4.78 is 13.4. The molecule has 0 saturated heterocycles. The molecule has 0 fully saturated rings. The predicted octanol–water partition coefficient (Wildman–Crippen LogP) is 6.15. The van der Waals surface area contributed by atoms with Gasteiger partial charge >= 0.3 is 0 Å². The Labute approximate surface area is 176 Å². The molecule has 0 amide bonds. The second kappa shape index (κ2) is 7.26. The smallest absolute Gasteiger partial charge is 0.217 e. The number of hydrogen-bond acceptors (Lipinski definition) is 5. The number of fused-ring (bicyclic) bond motifs is 3. The monoisotopic (exact) mass is 454 g/mol. The predicted molar refractivity (Wildman–Crippen MR) is 115 cm³/mol. The summed E-state index contributed by atoms with van der Waals surface area (Å²) >= 11 is 5.33. The Balaban J connectivity index is 1.63. The molecular weight excluding hydrogens is 436 g/mol. The summed E-state index contributed by atoms with van der Waals surface area (Å²) in [5.41, 5.74) is 3.27. The third-order valence-electron chi connectivity index (χ3n) is 5.04. The van der Waals surface area contributed by atoms with Crippen molar-refractivity contribution in [3.8, 4) is 11.5 Å². The Bertz CT molecular complexity index is 1030. The molecule has 2 atom stereocenters. The number of thiophene rings is 1. The van der Waals surface area contributed by atoms with Crippen molar-refractivity contribution in [2.45, 2.75) is 25.6 Å². The van der Waals surface area contributed by atoms with Crippen molar-refractivity contribution < 1.29 is 9.47 Å². The van der Waals surface area contributed by atoms with E-state index in [1.807, 2.05) is 31.2 Å². The zero-order chi connectivity index (χ0) is 19.1. The molecule has 3 aromatic rings. The van der Waals surface area contributed by atoms with Crippen molar-refractivity contribution in [3.63, 3.8) is 0 Å². The molecule has 28 heavy (non-hydrogen) atoms. The molecule has 4 nitrogen and oxygen atoms in total. The average molecular weight is 455 g/mol. The van der Waals surface area contributed by atoms with E-state index in [-0.39, 0.29) is 12.3 Å². The minimum absolute atomic E-state index is 0.153. The van der Waals surface area contributed by atoms with Crippen LogP contribution in [0.3, 0.4) is 0 Å². The molecule has 2 aliphatic heterocycles. The number of hydrogen-bond donors (Lipinski definition) is 0. The lowest BCUT2D eigenvalue weighted by atomic mass is 9.97. The Morgan fingerprint density at radius 3 is 2.89 bits per heavy atom. The maximum Gasteiger partial charge on any atom is 0.217 e. The van der Waals surface area contributed by atoms with Gasteiger partial charge in [-0.2, -0.15) is 5.10 Å². The second-order valence-electron chi connectivity index (χ2n) is 6.75. The highest BCUT2D eigenvalue weighted by Crippen LogP contribution is 2.49. The van der Waals surface area contributed by atoms with Crippen molar-refractivity contribution >= 4 is 33.0 Å². The maximum absolute atomic E-state index is 6.46. The molecule has 0 N–H and O–H groups in total. The summed E-state index contributed by atoms with van der Waals surface area (Å²) in [6, 6.07) is 18.7. The number of ether oxygens (including phenoxy) is 2. The molecule has 5 rings (SSSR count). The molecule has 2 unspecified atom stereocenters. The van der Waals surface area contributed by atoms with E-state index in [1.54, 1.807) is 11.3 Å². The van der Waals surface area contributed by atoms with Crippen molar-refractivity contribution in [2.75, 3.05) is 6.61 Å². The van der Waals surface area contributed by atoms with Gasteiger partial charge in [0.05, 0.1) is 28.8 Å². The van der Waals surface area contributed by atoms with Crippen LogP contribution in [0.25, 0.3) is 0 Å². The first-order valence-electron chi connectivity index (χ1n) is 9.32. The van der Waals surface area contributed by atoms with E-state index in [1.165, 1.54) is 10.4 Å². The first-order chi connectivity index (χ1) is 13.7. The summed E-state index contributed by atoms with van der Waals surface area (Å²) in [5.74, 6) is 1.74. The summed E-state index contributed by atoms with van der Waals surface area (Å²) in [6.45, 7) is 2.60. The van der Waals surface area contributed by atoms with Crippen LogP contribution in [0.4, 0.5) is 0 Å². The summed E-state index contributed by atoms with van der Waals surface area (Å²) in [5, 5.41) is 9.20. The number of para-hydroxylation sites is 1. The van der Waals surface area contributed by atoms with Gasteiger partial charge in [0, 0.05) is 16.5 Å². The molecule has 142 valence electrons. The van der Waals surface area contributed by atoms with Crippen molar-refractivity contribution in [1.82, 2.24) is 5.01 Å². The van der Waals surface area contributed by atoms with Crippen LogP contribution in [0.5, 0.6) is 11.5 Å². The van der Waals surface area contributed by atoms with Gasteiger partial charge in [0.15, 0.2) is 0 Å². The highest BCUT2D eigenvalue weighted by molar-refractivity contribution is 9.10. The van der Waals surface area contributed by atoms with Crippen LogP contribution in [-0.2, 0) is 0 Å². The Morgan fingerprint density at radius 1 is 1.18 bits per heavy atom. The standard InChI is InChI=1S/C22H19BrN2O2S/c1-2-26-19-10-9-14(23)12-16(19)22-25-18(15-6-3-4-7-20(15)27-22)13-17(24-25)21-8-5-11-28-21/h3-12,18,22H,2,13H2,1H3. The van der Waals surface area contributed by atoms with Crippen LogP contribution < -0.4 is 9.47 Å². The van der Waals surface area contributed by atoms with Gasteiger partial charge in [-0.15, -0.1) is 11.3 Å². The van der Waals surface area contributed by atoms with Crippen molar-refractivity contribution in [3.05, 3.63) is 80.5 Å². The van der Waals surface area contributed by atoms with Crippen LogP contribution >= 0.6 is 27.3 Å². The largest absolute Gasteiger partial charge is 0.493 e. The molecule has 0 spiro atoms. The van der Waals surface area contributed by atoms with Crippen LogP contribution in [0.15, 0.2) is 69.6 Å². The fraction of sp³-hybridized carbons (Fsp3) is 0.227. The minimum atomic E-state index is -0.337. The van der Waals surface area contributed by atoms with Crippen LogP contribution in [0.2, 0.25) is 0 Å². The van der Waals surface area contributed by atoms with Crippen molar-refractivity contribution in [1.29, 1.82) is 0 Å². The molecule has 0 saturated carbocycles. The first-order valence-corrected chi connectivity index (χ1v) is 11.0. The van der Waals surface area contributed by atoms with Crippen LogP contribution in [-0.4, -0.2) is 17.3 Å². The minimum Gasteiger partial charge on any atom is -0.493 e. The molecule has 2 aliphatic rings. The number of hydrazone groups is 1. The highest BCUT2D eigenvalue weighted by Gasteiger charge is 2.42. The number of benzene rings is 2. The van der Waals surface area contributed by atoms with Crippen molar-refractivity contribution in [2.24, 2.45) is 5.10 Å². The summed E-state index contributed by atoms with van der Waals surface area (Å²) in [6.07, 6.45) is 0.534. The van der Waals surface area contributed by atoms with E-state index in [4.69, 9.17) is 14.6 Å².